The first-order chi connectivity index (χ1) is 8.91. The standard InChI is InChI=1S/C11H10N2O6/c1-6(14)12-2-3-19-10-8(11(15)16)4-7(13(17)18)5-9(10)12/h4-5H,2-3H2,1H3,(H,15,16). The van der Waals surface area contributed by atoms with Crippen molar-refractivity contribution in [1.29, 1.82) is 0 Å². The summed E-state index contributed by atoms with van der Waals surface area (Å²) in [5, 5.41) is 19.9. The average molecular weight is 266 g/mol. The molecule has 1 aliphatic rings. The van der Waals surface area contributed by atoms with E-state index in [-0.39, 0.29) is 36.1 Å². The molecule has 8 nitrogen and oxygen atoms in total. The number of ether oxygens (including phenoxy) is 1. The lowest BCUT2D eigenvalue weighted by atomic mass is 10.1. The first-order valence-corrected chi connectivity index (χ1v) is 5.38. The Morgan fingerprint density at radius 1 is 1.47 bits per heavy atom. The smallest absolute Gasteiger partial charge is 0.339 e. The molecule has 0 saturated heterocycles. The lowest BCUT2D eigenvalue weighted by molar-refractivity contribution is -0.384. The summed E-state index contributed by atoms with van der Waals surface area (Å²) in [7, 11) is 0. The van der Waals surface area contributed by atoms with Crippen molar-refractivity contribution >= 4 is 23.3 Å². The third-order valence-corrected chi connectivity index (χ3v) is 2.73. The number of carboxylic acids is 1. The van der Waals surface area contributed by atoms with E-state index in [1.807, 2.05) is 0 Å². The maximum Gasteiger partial charge on any atom is 0.339 e. The molecule has 1 heterocycles. The lowest BCUT2D eigenvalue weighted by Crippen LogP contribution is -2.36. The van der Waals surface area contributed by atoms with Gasteiger partial charge in [-0.2, -0.15) is 0 Å². The second kappa shape index (κ2) is 4.56. The molecule has 1 aromatic rings. The molecule has 0 unspecified atom stereocenters. The van der Waals surface area contributed by atoms with Crippen LogP contribution in [0.15, 0.2) is 12.1 Å². The van der Waals surface area contributed by atoms with Gasteiger partial charge in [-0.15, -0.1) is 0 Å². The highest BCUT2D eigenvalue weighted by atomic mass is 16.6. The Bertz CT molecular complexity index is 583. The fraction of sp³-hybridized carbons (Fsp3) is 0.273. The largest absolute Gasteiger partial charge is 0.489 e. The Hall–Kier alpha value is -2.64. The summed E-state index contributed by atoms with van der Waals surface area (Å²) in [4.78, 5) is 34.0. The normalized spacial score (nSPS) is 13.4. The second-order valence-electron chi connectivity index (χ2n) is 3.92. The topological polar surface area (TPSA) is 110 Å². The molecule has 8 heteroatoms. The second-order valence-corrected chi connectivity index (χ2v) is 3.92. The summed E-state index contributed by atoms with van der Waals surface area (Å²) < 4.78 is 5.23. The van der Waals surface area contributed by atoms with Crippen LogP contribution in [0, 0.1) is 10.1 Å². The maximum atomic E-state index is 11.5. The number of nitro benzene ring substituents is 1. The number of nitrogens with zero attached hydrogens (tertiary/aromatic N) is 2. The van der Waals surface area contributed by atoms with Crippen molar-refractivity contribution in [1.82, 2.24) is 0 Å². The van der Waals surface area contributed by atoms with Crippen LogP contribution in [0.1, 0.15) is 17.3 Å². The number of carbonyl (C=O) groups excluding carboxylic acids is 1. The molecule has 0 spiro atoms. The summed E-state index contributed by atoms with van der Waals surface area (Å²) in [6.07, 6.45) is 0. The van der Waals surface area contributed by atoms with Crippen LogP contribution in [0.4, 0.5) is 11.4 Å². The van der Waals surface area contributed by atoms with Crippen molar-refractivity contribution in [3.05, 3.63) is 27.8 Å². The monoisotopic (exact) mass is 266 g/mol. The van der Waals surface area contributed by atoms with Crippen molar-refractivity contribution in [3.8, 4) is 5.75 Å². The van der Waals surface area contributed by atoms with Crippen LogP contribution in [-0.2, 0) is 4.79 Å². The van der Waals surface area contributed by atoms with E-state index in [2.05, 4.69) is 0 Å². The predicted molar refractivity (Wildman–Crippen MR) is 63.6 cm³/mol. The van der Waals surface area contributed by atoms with Gasteiger partial charge in [0.25, 0.3) is 5.69 Å². The zero-order valence-corrected chi connectivity index (χ0v) is 9.95. The molecule has 1 amide bonds. The zero-order valence-electron chi connectivity index (χ0n) is 9.95. The Morgan fingerprint density at radius 3 is 2.68 bits per heavy atom. The number of hydrogen-bond acceptors (Lipinski definition) is 5. The highest BCUT2D eigenvalue weighted by molar-refractivity contribution is 6.00. The van der Waals surface area contributed by atoms with Gasteiger partial charge in [-0.3, -0.25) is 14.9 Å². The van der Waals surface area contributed by atoms with E-state index in [9.17, 15) is 19.7 Å². The van der Waals surface area contributed by atoms with Crippen LogP contribution in [0.3, 0.4) is 0 Å². The van der Waals surface area contributed by atoms with Crippen LogP contribution < -0.4 is 9.64 Å². The number of nitro groups is 1. The minimum atomic E-state index is -1.34. The fourth-order valence-electron chi connectivity index (χ4n) is 1.90. The van der Waals surface area contributed by atoms with Crippen molar-refractivity contribution in [3.63, 3.8) is 0 Å². The van der Waals surface area contributed by atoms with E-state index < -0.39 is 16.6 Å². The van der Waals surface area contributed by atoms with Crippen molar-refractivity contribution in [2.24, 2.45) is 0 Å². The van der Waals surface area contributed by atoms with Crippen LogP contribution in [0.2, 0.25) is 0 Å². The minimum absolute atomic E-state index is 0.0143. The van der Waals surface area contributed by atoms with Crippen LogP contribution in [0.5, 0.6) is 5.75 Å². The molecule has 0 aromatic heterocycles. The van der Waals surface area contributed by atoms with Gasteiger partial charge in [-0.25, -0.2) is 4.79 Å². The quantitative estimate of drug-likeness (QED) is 0.632. The van der Waals surface area contributed by atoms with Crippen LogP contribution in [-0.4, -0.2) is 35.1 Å². The number of carboxylic acid groups (broad SMARTS) is 1. The van der Waals surface area contributed by atoms with Gasteiger partial charge in [0.1, 0.15) is 12.2 Å². The zero-order chi connectivity index (χ0) is 14.2. The number of amides is 1. The molecule has 0 aliphatic carbocycles. The van der Waals surface area contributed by atoms with Gasteiger partial charge < -0.3 is 14.7 Å². The molecule has 0 fully saturated rings. The fourth-order valence-corrected chi connectivity index (χ4v) is 1.90. The molecule has 0 bridgehead atoms. The Balaban J connectivity index is 2.69. The molecule has 1 aromatic carbocycles. The Morgan fingerprint density at radius 2 is 2.16 bits per heavy atom. The first-order valence-electron chi connectivity index (χ1n) is 5.38. The maximum absolute atomic E-state index is 11.5. The van der Waals surface area contributed by atoms with Gasteiger partial charge in [0.05, 0.1) is 17.2 Å². The van der Waals surface area contributed by atoms with Gasteiger partial charge in [0.15, 0.2) is 5.75 Å². The Labute approximate surface area is 107 Å². The molecule has 1 N–H and O–H groups in total. The number of benzene rings is 1. The molecule has 19 heavy (non-hydrogen) atoms. The van der Waals surface area contributed by atoms with E-state index in [0.717, 1.165) is 12.1 Å². The van der Waals surface area contributed by atoms with Gasteiger partial charge >= 0.3 is 5.97 Å². The summed E-state index contributed by atoms with van der Waals surface area (Å²) in [5.74, 6) is -1.69. The SMILES string of the molecule is CC(=O)N1CCOc2c(C(=O)O)cc([N+](=O)[O-])cc21. The summed E-state index contributed by atoms with van der Waals surface area (Å²) in [6, 6.07) is 2.06. The van der Waals surface area contributed by atoms with Gasteiger partial charge in [-0.1, -0.05) is 0 Å². The molecule has 0 atom stereocenters. The van der Waals surface area contributed by atoms with Crippen molar-refractivity contribution in [2.75, 3.05) is 18.1 Å². The number of aromatic carboxylic acids is 1. The molecule has 100 valence electrons. The van der Waals surface area contributed by atoms with E-state index in [1.165, 1.54) is 11.8 Å². The molecule has 0 saturated carbocycles. The number of carbonyl (C=O) groups is 2. The van der Waals surface area contributed by atoms with E-state index in [0.29, 0.717) is 0 Å². The number of non-ortho nitro benzene ring substituents is 1. The van der Waals surface area contributed by atoms with E-state index >= 15 is 0 Å². The minimum Gasteiger partial charge on any atom is -0.489 e. The van der Waals surface area contributed by atoms with Gasteiger partial charge in [-0.05, 0) is 0 Å². The van der Waals surface area contributed by atoms with Crippen LogP contribution >= 0.6 is 0 Å². The van der Waals surface area contributed by atoms with Gasteiger partial charge in [0.2, 0.25) is 5.91 Å². The third kappa shape index (κ3) is 2.19. The molecule has 0 radical (unpaired) electrons. The third-order valence-electron chi connectivity index (χ3n) is 2.73. The van der Waals surface area contributed by atoms with Crippen LogP contribution in [0.25, 0.3) is 0 Å². The van der Waals surface area contributed by atoms with Gasteiger partial charge in [0, 0.05) is 19.1 Å². The molecule has 2 rings (SSSR count). The average Bonchev–Trinajstić information content (AvgIpc) is 2.36. The van der Waals surface area contributed by atoms with E-state index in [1.54, 1.807) is 0 Å². The summed E-state index contributed by atoms with van der Waals surface area (Å²) in [6.45, 7) is 1.67. The summed E-state index contributed by atoms with van der Waals surface area (Å²) >= 11 is 0. The number of hydrogen-bond donors (Lipinski definition) is 1. The number of fused-ring (bicyclic) bond motifs is 1. The number of anilines is 1. The molecule has 1 aliphatic heterocycles. The molecular formula is C11H10N2O6. The van der Waals surface area contributed by atoms with Crippen molar-refractivity contribution < 1.29 is 24.4 Å². The highest BCUT2D eigenvalue weighted by Gasteiger charge is 2.29. The first kappa shape index (κ1) is 12.8. The molecular weight excluding hydrogens is 256 g/mol. The highest BCUT2D eigenvalue weighted by Crippen LogP contribution is 2.38. The summed E-state index contributed by atoms with van der Waals surface area (Å²) in [5.41, 5.74) is -0.603. The van der Waals surface area contributed by atoms with E-state index in [4.69, 9.17) is 9.84 Å². The Kier molecular flexibility index (Phi) is 3.07. The predicted octanol–water partition coefficient (Wildman–Crippen LogP) is 1.04. The lowest BCUT2D eigenvalue weighted by Gasteiger charge is -2.29. The van der Waals surface area contributed by atoms with Crippen molar-refractivity contribution in [2.45, 2.75) is 6.92 Å². The number of rotatable bonds is 2.